The lowest BCUT2D eigenvalue weighted by molar-refractivity contribution is -0.149. The van der Waals surface area contributed by atoms with E-state index in [0.29, 0.717) is 19.0 Å². The zero-order valence-corrected chi connectivity index (χ0v) is 11.9. The van der Waals surface area contributed by atoms with Gasteiger partial charge in [-0.25, -0.2) is 0 Å². The second-order valence-corrected chi connectivity index (χ2v) is 6.29. The summed E-state index contributed by atoms with van der Waals surface area (Å²) in [5.41, 5.74) is -0.595. The first-order chi connectivity index (χ1) is 8.46. The van der Waals surface area contributed by atoms with Crippen LogP contribution in [0.1, 0.15) is 39.5 Å². The molecule has 0 spiro atoms. The Bertz CT molecular complexity index is 321. The van der Waals surface area contributed by atoms with Crippen LogP contribution in [0, 0.1) is 5.41 Å². The molecule has 2 aliphatic rings. The Balaban J connectivity index is 2.00. The Morgan fingerprint density at radius 1 is 1.33 bits per heavy atom. The van der Waals surface area contributed by atoms with E-state index in [1.165, 1.54) is 19.3 Å². The molecule has 3 unspecified atom stereocenters. The first-order valence-corrected chi connectivity index (χ1v) is 7.14. The molecule has 0 aromatic heterocycles. The van der Waals surface area contributed by atoms with E-state index in [0.717, 1.165) is 19.1 Å². The highest BCUT2D eigenvalue weighted by Gasteiger charge is 2.38. The molecule has 2 rings (SSSR count). The van der Waals surface area contributed by atoms with Crippen LogP contribution < -0.4 is 0 Å². The summed E-state index contributed by atoms with van der Waals surface area (Å²) in [5, 5.41) is 9.38. The maximum Gasteiger partial charge on any atom is 0.310 e. The number of likely N-dealkylation sites (N-methyl/N-ethyl adjacent to an activating group) is 1. The van der Waals surface area contributed by atoms with Crippen LogP contribution in [0.5, 0.6) is 0 Å². The summed E-state index contributed by atoms with van der Waals surface area (Å²) < 4.78 is 0. The van der Waals surface area contributed by atoms with E-state index < -0.39 is 11.4 Å². The monoisotopic (exact) mass is 254 g/mol. The van der Waals surface area contributed by atoms with Gasteiger partial charge in [-0.1, -0.05) is 6.92 Å². The summed E-state index contributed by atoms with van der Waals surface area (Å²) in [6, 6.07) is 1.35. The third kappa shape index (κ3) is 2.54. The van der Waals surface area contributed by atoms with Crippen molar-refractivity contribution in [2.75, 3.05) is 26.7 Å². The van der Waals surface area contributed by atoms with Gasteiger partial charge < -0.3 is 10.0 Å². The number of hydrogen-bond donors (Lipinski definition) is 1. The number of fused-ring (bicyclic) bond motifs is 2. The number of aliphatic carboxylic acids is 1. The van der Waals surface area contributed by atoms with Crippen molar-refractivity contribution in [1.82, 2.24) is 9.80 Å². The van der Waals surface area contributed by atoms with Gasteiger partial charge in [-0.3, -0.25) is 9.69 Å². The van der Waals surface area contributed by atoms with Gasteiger partial charge in [-0.05, 0) is 46.2 Å². The number of rotatable bonds is 4. The van der Waals surface area contributed by atoms with E-state index in [4.69, 9.17) is 0 Å². The fourth-order valence-electron chi connectivity index (χ4n) is 3.35. The van der Waals surface area contributed by atoms with E-state index in [-0.39, 0.29) is 0 Å². The van der Waals surface area contributed by atoms with Crippen LogP contribution in [0.25, 0.3) is 0 Å². The van der Waals surface area contributed by atoms with Gasteiger partial charge in [0.25, 0.3) is 0 Å². The summed E-state index contributed by atoms with van der Waals surface area (Å²) >= 11 is 0. The van der Waals surface area contributed by atoms with Crippen LogP contribution in [-0.4, -0.2) is 59.6 Å². The third-order valence-electron chi connectivity index (χ3n) is 5.10. The summed E-state index contributed by atoms with van der Waals surface area (Å²) in [4.78, 5) is 16.3. The van der Waals surface area contributed by atoms with Gasteiger partial charge in [0, 0.05) is 25.2 Å². The number of carboxylic acids is 1. The Labute approximate surface area is 110 Å². The van der Waals surface area contributed by atoms with Crippen LogP contribution in [0.3, 0.4) is 0 Å². The molecule has 2 bridgehead atoms. The van der Waals surface area contributed by atoms with Crippen molar-refractivity contribution in [3.8, 4) is 0 Å². The van der Waals surface area contributed by atoms with Crippen LogP contribution >= 0.6 is 0 Å². The Kier molecular flexibility index (Phi) is 3.97. The zero-order chi connectivity index (χ0) is 13.3. The van der Waals surface area contributed by atoms with Crippen molar-refractivity contribution in [2.24, 2.45) is 5.41 Å². The Morgan fingerprint density at radius 3 is 2.61 bits per heavy atom. The maximum absolute atomic E-state index is 11.4. The topological polar surface area (TPSA) is 43.8 Å². The molecule has 0 radical (unpaired) electrons. The summed E-state index contributed by atoms with van der Waals surface area (Å²) in [5.74, 6) is -0.659. The lowest BCUT2D eigenvalue weighted by Crippen LogP contribution is -2.44. The van der Waals surface area contributed by atoms with Crippen molar-refractivity contribution in [3.63, 3.8) is 0 Å². The summed E-state index contributed by atoms with van der Waals surface area (Å²) in [6.45, 7) is 6.63. The molecule has 2 saturated heterocycles. The molecule has 2 heterocycles. The van der Waals surface area contributed by atoms with Crippen molar-refractivity contribution in [3.05, 3.63) is 0 Å². The zero-order valence-electron chi connectivity index (χ0n) is 11.9. The SMILES string of the molecule is CCC(C)(CN1CCC2CCC(C1)N2C)C(=O)O. The normalized spacial score (nSPS) is 33.1. The smallest absolute Gasteiger partial charge is 0.310 e. The van der Waals surface area contributed by atoms with Crippen molar-refractivity contribution < 1.29 is 9.90 Å². The van der Waals surface area contributed by atoms with Crippen molar-refractivity contribution in [2.45, 2.75) is 51.6 Å². The first-order valence-electron chi connectivity index (χ1n) is 7.14. The van der Waals surface area contributed by atoms with E-state index in [9.17, 15) is 9.90 Å². The predicted molar refractivity (Wildman–Crippen MR) is 71.7 cm³/mol. The lowest BCUT2D eigenvalue weighted by Gasteiger charge is -2.32. The van der Waals surface area contributed by atoms with Gasteiger partial charge in [0.15, 0.2) is 0 Å². The molecule has 0 aliphatic carbocycles. The second kappa shape index (κ2) is 5.17. The average molecular weight is 254 g/mol. The van der Waals surface area contributed by atoms with E-state index in [2.05, 4.69) is 16.8 Å². The molecule has 0 amide bonds. The highest BCUT2D eigenvalue weighted by molar-refractivity contribution is 5.74. The fraction of sp³-hybridized carbons (Fsp3) is 0.929. The fourth-order valence-corrected chi connectivity index (χ4v) is 3.35. The van der Waals surface area contributed by atoms with Crippen LogP contribution in [0.4, 0.5) is 0 Å². The van der Waals surface area contributed by atoms with Crippen molar-refractivity contribution in [1.29, 1.82) is 0 Å². The molecule has 0 aromatic carbocycles. The van der Waals surface area contributed by atoms with Crippen LogP contribution in [0.15, 0.2) is 0 Å². The maximum atomic E-state index is 11.4. The Morgan fingerprint density at radius 2 is 2.00 bits per heavy atom. The number of carboxylic acid groups (broad SMARTS) is 1. The molecule has 4 heteroatoms. The molecule has 2 fully saturated rings. The first kappa shape index (κ1) is 13.8. The van der Waals surface area contributed by atoms with Gasteiger partial charge in [0.1, 0.15) is 0 Å². The quantitative estimate of drug-likeness (QED) is 0.828. The standard InChI is InChI=1S/C14H26N2O2/c1-4-14(2,13(17)18)10-16-8-7-11-5-6-12(9-16)15(11)3/h11-12H,4-10H2,1-3H3,(H,17,18). The van der Waals surface area contributed by atoms with Crippen LogP contribution in [-0.2, 0) is 4.79 Å². The minimum absolute atomic E-state index is 0.595. The molecule has 2 aliphatic heterocycles. The highest BCUT2D eigenvalue weighted by atomic mass is 16.4. The molecule has 4 nitrogen and oxygen atoms in total. The molecule has 104 valence electrons. The van der Waals surface area contributed by atoms with Gasteiger partial charge >= 0.3 is 5.97 Å². The summed E-state index contributed by atoms with van der Waals surface area (Å²) in [7, 11) is 2.22. The van der Waals surface area contributed by atoms with Gasteiger partial charge in [-0.15, -0.1) is 0 Å². The third-order valence-corrected chi connectivity index (χ3v) is 5.10. The Hall–Kier alpha value is -0.610. The minimum atomic E-state index is -0.659. The number of nitrogens with zero attached hydrogens (tertiary/aromatic N) is 2. The van der Waals surface area contributed by atoms with Gasteiger partial charge in [0.05, 0.1) is 5.41 Å². The lowest BCUT2D eigenvalue weighted by atomic mass is 9.86. The molecule has 0 saturated carbocycles. The predicted octanol–water partition coefficient (Wildman–Crippen LogP) is 1.66. The second-order valence-electron chi connectivity index (χ2n) is 6.29. The molecule has 18 heavy (non-hydrogen) atoms. The van der Waals surface area contributed by atoms with Gasteiger partial charge in [0.2, 0.25) is 0 Å². The molecule has 1 N–H and O–H groups in total. The van der Waals surface area contributed by atoms with Crippen molar-refractivity contribution >= 4 is 5.97 Å². The average Bonchev–Trinajstić information content (AvgIpc) is 2.57. The molecular weight excluding hydrogens is 228 g/mol. The number of carbonyl (C=O) groups is 1. The molecule has 0 aromatic rings. The van der Waals surface area contributed by atoms with Gasteiger partial charge in [-0.2, -0.15) is 0 Å². The van der Waals surface area contributed by atoms with Crippen LogP contribution in [0.2, 0.25) is 0 Å². The van der Waals surface area contributed by atoms with E-state index >= 15 is 0 Å². The highest BCUT2D eigenvalue weighted by Crippen LogP contribution is 2.31. The molecule has 3 atom stereocenters. The summed E-state index contributed by atoms with van der Waals surface area (Å²) in [6.07, 6.45) is 4.47. The molecular formula is C14H26N2O2. The number of hydrogen-bond acceptors (Lipinski definition) is 3. The van der Waals surface area contributed by atoms with E-state index in [1.807, 2.05) is 13.8 Å². The minimum Gasteiger partial charge on any atom is -0.481 e. The number of likely N-dealkylation sites (tertiary alicyclic amines) is 1. The van der Waals surface area contributed by atoms with E-state index in [1.54, 1.807) is 0 Å². The largest absolute Gasteiger partial charge is 0.481 e.